The van der Waals surface area contributed by atoms with E-state index in [4.69, 9.17) is 9.47 Å². The molecular formula is C25H29B2N6O3P. The maximum Gasteiger partial charge on any atom is 0.257 e. The molecule has 6 heterocycles. The third kappa shape index (κ3) is 3.54. The zero-order valence-corrected chi connectivity index (χ0v) is 22.3. The van der Waals surface area contributed by atoms with Crippen molar-refractivity contribution in [3.05, 3.63) is 47.8 Å². The third-order valence-electron chi connectivity index (χ3n) is 8.35. The molecule has 0 bridgehead atoms. The van der Waals surface area contributed by atoms with E-state index in [1.54, 1.807) is 6.33 Å². The van der Waals surface area contributed by atoms with Crippen molar-refractivity contribution < 1.29 is 14.3 Å². The minimum atomic E-state index is -0.772. The number of benzene rings is 1. The monoisotopic (exact) mass is 514 g/mol. The van der Waals surface area contributed by atoms with Crippen molar-refractivity contribution in [2.75, 3.05) is 31.1 Å². The third-order valence-corrected chi connectivity index (χ3v) is 8.68. The summed E-state index contributed by atoms with van der Waals surface area (Å²) < 4.78 is 14.3. The van der Waals surface area contributed by atoms with Crippen molar-refractivity contribution in [1.29, 1.82) is 0 Å². The molecule has 2 aromatic heterocycles. The van der Waals surface area contributed by atoms with E-state index >= 15 is 0 Å². The van der Waals surface area contributed by atoms with Crippen molar-refractivity contribution in [3.63, 3.8) is 0 Å². The summed E-state index contributed by atoms with van der Waals surface area (Å²) in [7, 11) is 6.99. The number of fused-ring (bicyclic) bond motifs is 2. The van der Waals surface area contributed by atoms with Gasteiger partial charge < -0.3 is 19.3 Å². The molecule has 188 valence electrons. The molecule has 0 aliphatic carbocycles. The number of hydrogen-bond donors (Lipinski definition) is 0. The number of ether oxygens (including phenoxy) is 2. The number of piperidine rings is 1. The lowest BCUT2D eigenvalue weighted by Gasteiger charge is -2.39. The molecule has 3 atom stereocenters. The first-order chi connectivity index (χ1) is 17.9. The van der Waals surface area contributed by atoms with Crippen LogP contribution in [0.5, 0.6) is 0 Å². The number of carbonyl (C=O) groups is 1. The molecule has 3 unspecified atom stereocenters. The second kappa shape index (κ2) is 8.30. The smallest absolute Gasteiger partial charge is 0.257 e. The van der Waals surface area contributed by atoms with Gasteiger partial charge in [-0.05, 0) is 41.9 Å². The van der Waals surface area contributed by atoms with Gasteiger partial charge in [-0.15, -0.1) is 9.24 Å². The Morgan fingerprint density at radius 2 is 1.97 bits per heavy atom. The fraction of sp³-hybridized carbons (Fsp3) is 0.440. The largest absolute Gasteiger partial charge is 0.475 e. The molecule has 37 heavy (non-hydrogen) atoms. The van der Waals surface area contributed by atoms with Gasteiger partial charge in [0, 0.05) is 25.9 Å². The zero-order valence-electron chi connectivity index (χ0n) is 21.2. The van der Waals surface area contributed by atoms with Crippen LogP contribution < -0.4 is 15.7 Å². The SMILES string of the molecule is Bc1cc(P)cc(C2CCC3(B)OC4(CCN(c5ccc(C6=NCCO6)c6ncnn56)CC4)C(=O)N23)c1. The van der Waals surface area contributed by atoms with Crippen LogP contribution in [0.15, 0.2) is 41.7 Å². The highest BCUT2D eigenvalue weighted by Crippen LogP contribution is 2.52. The van der Waals surface area contributed by atoms with E-state index < -0.39 is 11.2 Å². The summed E-state index contributed by atoms with van der Waals surface area (Å²) in [6.07, 6.45) is 4.61. The molecular weight excluding hydrogens is 485 g/mol. The van der Waals surface area contributed by atoms with Crippen molar-refractivity contribution in [3.8, 4) is 0 Å². The predicted molar refractivity (Wildman–Crippen MR) is 150 cm³/mol. The predicted octanol–water partition coefficient (Wildman–Crippen LogP) is -0.715. The Morgan fingerprint density at radius 3 is 2.73 bits per heavy atom. The Labute approximate surface area is 219 Å². The number of hydrogen-bond acceptors (Lipinski definition) is 7. The first-order valence-corrected chi connectivity index (χ1v) is 13.6. The first-order valence-electron chi connectivity index (χ1n) is 13.0. The van der Waals surface area contributed by atoms with Gasteiger partial charge >= 0.3 is 0 Å². The van der Waals surface area contributed by atoms with Gasteiger partial charge in [0.2, 0.25) is 5.90 Å². The van der Waals surface area contributed by atoms with Crippen LogP contribution in [0, 0.1) is 0 Å². The fourth-order valence-electron chi connectivity index (χ4n) is 6.69. The highest BCUT2D eigenvalue weighted by Gasteiger charge is 2.63. The summed E-state index contributed by atoms with van der Waals surface area (Å²) in [6, 6.07) is 10.6. The van der Waals surface area contributed by atoms with E-state index in [0.717, 1.165) is 35.2 Å². The number of amides is 1. The van der Waals surface area contributed by atoms with E-state index in [0.29, 0.717) is 45.0 Å². The van der Waals surface area contributed by atoms with Gasteiger partial charge in [0.1, 0.15) is 32.2 Å². The van der Waals surface area contributed by atoms with Gasteiger partial charge in [0.15, 0.2) is 19.1 Å². The van der Waals surface area contributed by atoms with Crippen LogP contribution in [0.2, 0.25) is 0 Å². The van der Waals surface area contributed by atoms with E-state index in [2.05, 4.69) is 63.1 Å². The number of pyridine rings is 1. The normalized spacial score (nSPS) is 26.7. The average molecular weight is 514 g/mol. The minimum absolute atomic E-state index is 0.0529. The van der Waals surface area contributed by atoms with Gasteiger partial charge in [-0.1, -0.05) is 17.6 Å². The lowest BCUT2D eigenvalue weighted by molar-refractivity contribution is -0.140. The molecule has 0 radical (unpaired) electrons. The van der Waals surface area contributed by atoms with Crippen LogP contribution in [0.1, 0.15) is 42.9 Å². The number of carbonyl (C=O) groups excluding carboxylic acids is 1. The lowest BCUT2D eigenvalue weighted by Crippen LogP contribution is -2.50. The second-order valence-electron chi connectivity index (χ2n) is 10.8. The number of rotatable bonds is 3. The highest BCUT2D eigenvalue weighted by molar-refractivity contribution is 7.27. The van der Waals surface area contributed by atoms with Gasteiger partial charge in [-0.3, -0.25) is 4.79 Å². The Hall–Kier alpha value is -2.90. The molecule has 12 heteroatoms. The van der Waals surface area contributed by atoms with E-state index in [-0.39, 0.29) is 11.9 Å². The molecule has 1 spiro atoms. The molecule has 3 fully saturated rings. The zero-order chi connectivity index (χ0) is 25.4. The molecule has 0 N–H and O–H groups in total. The van der Waals surface area contributed by atoms with Gasteiger partial charge in [0.25, 0.3) is 5.91 Å². The Morgan fingerprint density at radius 1 is 1.14 bits per heavy atom. The Kier molecular flexibility index (Phi) is 5.21. The maximum atomic E-state index is 14.1. The summed E-state index contributed by atoms with van der Waals surface area (Å²) in [5.41, 5.74) is 2.66. The van der Waals surface area contributed by atoms with Gasteiger partial charge in [0.05, 0.1) is 18.2 Å². The summed E-state index contributed by atoms with van der Waals surface area (Å²) in [5.74, 6) is 1.71. The van der Waals surface area contributed by atoms with Gasteiger partial charge in [-0.2, -0.15) is 9.61 Å². The van der Waals surface area contributed by atoms with E-state index in [9.17, 15) is 4.79 Å². The molecule has 0 saturated carbocycles. The average Bonchev–Trinajstić information content (AvgIpc) is 3.65. The fourth-order valence-corrected chi connectivity index (χ4v) is 7.14. The molecule has 1 aromatic carbocycles. The van der Waals surface area contributed by atoms with Gasteiger partial charge in [-0.25, -0.2) is 9.98 Å². The summed E-state index contributed by atoms with van der Waals surface area (Å²) in [5, 5.41) is 5.64. The standard InChI is InChI=1S/C25H29B2N6O3P/c26-16-11-15(12-17(37)13-16)19-3-4-25(27)32(19)23(34)24(36-25)5-8-31(9-6-24)20-2-1-18(22-28-7-10-35-22)21-29-14-30-33(20)21/h1-2,11-14,19H,3-10,26-27,37H2. The minimum Gasteiger partial charge on any atom is -0.475 e. The van der Waals surface area contributed by atoms with Crippen LogP contribution in [0.4, 0.5) is 5.82 Å². The quantitative estimate of drug-likeness (QED) is 0.339. The summed E-state index contributed by atoms with van der Waals surface area (Å²) in [4.78, 5) is 27.3. The van der Waals surface area contributed by atoms with Crippen molar-refractivity contribution in [1.82, 2.24) is 19.5 Å². The van der Waals surface area contributed by atoms with Crippen LogP contribution in [-0.2, 0) is 14.3 Å². The lowest BCUT2D eigenvalue weighted by atomic mass is 9.88. The van der Waals surface area contributed by atoms with Crippen molar-refractivity contribution >= 4 is 59.0 Å². The summed E-state index contributed by atoms with van der Waals surface area (Å²) >= 11 is 0. The van der Waals surface area contributed by atoms with E-state index in [1.807, 2.05) is 21.5 Å². The number of aromatic nitrogens is 3. The van der Waals surface area contributed by atoms with Crippen molar-refractivity contribution in [2.24, 2.45) is 4.99 Å². The molecule has 4 aliphatic heterocycles. The Balaban J connectivity index is 1.14. The topological polar surface area (TPSA) is 84.6 Å². The van der Waals surface area contributed by atoms with Crippen LogP contribution >= 0.6 is 9.24 Å². The maximum absolute atomic E-state index is 14.1. The van der Waals surface area contributed by atoms with Crippen LogP contribution in [-0.4, -0.2) is 84.5 Å². The molecule has 7 rings (SSSR count). The van der Waals surface area contributed by atoms with Crippen molar-refractivity contribution in [2.45, 2.75) is 43.0 Å². The molecule has 9 nitrogen and oxygen atoms in total. The molecule has 4 aliphatic rings. The number of nitrogens with zero attached hydrogens (tertiary/aromatic N) is 6. The summed E-state index contributed by atoms with van der Waals surface area (Å²) in [6.45, 7) is 2.66. The van der Waals surface area contributed by atoms with Crippen LogP contribution in [0.25, 0.3) is 5.65 Å². The van der Waals surface area contributed by atoms with E-state index in [1.165, 1.54) is 11.0 Å². The molecule has 1 amide bonds. The number of anilines is 1. The number of aliphatic imine (C=N–C) groups is 1. The van der Waals surface area contributed by atoms with Crippen LogP contribution in [0.3, 0.4) is 0 Å². The molecule has 3 aromatic rings. The second-order valence-corrected chi connectivity index (χ2v) is 11.5. The first kappa shape index (κ1) is 23.2. The highest BCUT2D eigenvalue weighted by atomic mass is 31.0. The Bertz CT molecular complexity index is 1440. The molecule has 3 saturated heterocycles.